The van der Waals surface area contributed by atoms with E-state index in [2.05, 4.69) is 20.3 Å². The number of nitrogens with one attached hydrogen (secondary N) is 1. The second-order valence-electron chi connectivity index (χ2n) is 8.32. The van der Waals surface area contributed by atoms with Crippen LogP contribution in [0.25, 0.3) is 11.2 Å². The third kappa shape index (κ3) is 4.81. The fraction of sp³-hybridized carbons (Fsp3) is 0.478. The molecule has 0 aromatic carbocycles. The van der Waals surface area contributed by atoms with E-state index in [1.807, 2.05) is 6.07 Å². The van der Waals surface area contributed by atoms with E-state index < -0.39 is 6.10 Å². The summed E-state index contributed by atoms with van der Waals surface area (Å²) in [6.45, 7) is 2.15. The lowest BCUT2D eigenvalue weighted by Gasteiger charge is -2.32. The quantitative estimate of drug-likeness (QED) is 0.509. The molecule has 11 heteroatoms. The number of aliphatic hydroxyl groups is 1. The number of aliphatic hydroxyl groups excluding tert-OH is 1. The van der Waals surface area contributed by atoms with Gasteiger partial charge in [0.05, 0.1) is 50.6 Å². The van der Waals surface area contributed by atoms with Crippen molar-refractivity contribution in [2.75, 3.05) is 26.9 Å². The van der Waals surface area contributed by atoms with Crippen LogP contribution in [-0.2, 0) is 17.8 Å². The summed E-state index contributed by atoms with van der Waals surface area (Å²) in [6, 6.07) is 5.43. The summed E-state index contributed by atoms with van der Waals surface area (Å²) in [5.41, 5.74) is 1.44. The molecule has 5 heterocycles. The lowest BCUT2D eigenvalue weighted by atomic mass is 10.0. The molecule has 2 aliphatic rings. The predicted octanol–water partition coefficient (Wildman–Crippen LogP) is 0.665. The SMILES string of the molecule is COc1ccc2ncc(=O)n(C[C@H](O)[C@H]3CC[C@@H](NCc4cc5c(cn4)OCCO5)CO3)c2n1. The molecule has 1 saturated heterocycles. The van der Waals surface area contributed by atoms with E-state index in [1.165, 1.54) is 17.9 Å². The maximum atomic E-state index is 12.4. The standard InChI is InChI=1S/C23H27N5O6/c1-31-21-5-3-16-23(27-21)28(22(30)11-26-16)12-17(29)18-4-2-14(13-34-18)24-9-15-8-19-20(10-25-15)33-7-6-32-19/h3,5,8,10-11,14,17-18,24,29H,2,4,6-7,9,12-13H2,1H3/t14-,17+,18-/m1/s1. The molecule has 1 fully saturated rings. The van der Waals surface area contributed by atoms with Crippen LogP contribution in [0.15, 0.2) is 35.4 Å². The molecule has 3 aromatic heterocycles. The van der Waals surface area contributed by atoms with Crippen LogP contribution >= 0.6 is 0 Å². The first kappa shape index (κ1) is 22.5. The second-order valence-corrected chi connectivity index (χ2v) is 8.32. The lowest BCUT2D eigenvalue weighted by Crippen LogP contribution is -2.45. The minimum Gasteiger partial charge on any atom is -0.486 e. The highest BCUT2D eigenvalue weighted by molar-refractivity contribution is 5.70. The van der Waals surface area contributed by atoms with Crippen LogP contribution in [-0.4, -0.2) is 69.8 Å². The fourth-order valence-corrected chi connectivity index (χ4v) is 4.19. The minimum atomic E-state index is -0.864. The first-order valence-electron chi connectivity index (χ1n) is 11.3. The molecular formula is C23H27N5O6. The highest BCUT2D eigenvalue weighted by Crippen LogP contribution is 2.29. The van der Waals surface area contributed by atoms with Crippen LogP contribution in [0.2, 0.25) is 0 Å². The highest BCUT2D eigenvalue weighted by atomic mass is 16.6. The summed E-state index contributed by atoms with van der Waals surface area (Å²) >= 11 is 0. The van der Waals surface area contributed by atoms with Crippen molar-refractivity contribution in [3.63, 3.8) is 0 Å². The van der Waals surface area contributed by atoms with Crippen LogP contribution in [0.5, 0.6) is 17.4 Å². The van der Waals surface area contributed by atoms with E-state index in [0.717, 1.165) is 12.1 Å². The van der Waals surface area contributed by atoms with Crippen LogP contribution in [0.3, 0.4) is 0 Å². The molecule has 0 saturated carbocycles. The van der Waals surface area contributed by atoms with Gasteiger partial charge in [-0.2, -0.15) is 4.98 Å². The summed E-state index contributed by atoms with van der Waals surface area (Å²) in [6.07, 6.45) is 3.15. The number of aromatic nitrogens is 4. The van der Waals surface area contributed by atoms with Gasteiger partial charge in [0.25, 0.3) is 5.56 Å². The number of nitrogens with zero attached hydrogens (tertiary/aromatic N) is 4. The van der Waals surface area contributed by atoms with Crippen LogP contribution in [0, 0.1) is 0 Å². The molecule has 0 bridgehead atoms. The number of ether oxygens (including phenoxy) is 4. The van der Waals surface area contributed by atoms with Crippen LogP contribution in [0.4, 0.5) is 0 Å². The predicted molar refractivity (Wildman–Crippen MR) is 121 cm³/mol. The van der Waals surface area contributed by atoms with Crippen molar-refractivity contribution in [3.8, 4) is 17.4 Å². The number of methoxy groups -OCH3 is 1. The van der Waals surface area contributed by atoms with E-state index >= 15 is 0 Å². The van der Waals surface area contributed by atoms with Gasteiger partial charge in [-0.15, -0.1) is 0 Å². The zero-order valence-electron chi connectivity index (χ0n) is 18.8. The number of rotatable bonds is 7. The molecule has 5 rings (SSSR count). The van der Waals surface area contributed by atoms with E-state index in [-0.39, 0.29) is 24.2 Å². The number of pyridine rings is 2. The highest BCUT2D eigenvalue weighted by Gasteiger charge is 2.28. The molecule has 2 N–H and O–H groups in total. The van der Waals surface area contributed by atoms with E-state index in [0.29, 0.717) is 61.3 Å². The van der Waals surface area contributed by atoms with Gasteiger partial charge in [0.15, 0.2) is 17.1 Å². The van der Waals surface area contributed by atoms with Gasteiger partial charge in [-0.05, 0) is 18.9 Å². The zero-order valence-corrected chi connectivity index (χ0v) is 18.8. The molecule has 11 nitrogen and oxygen atoms in total. The Morgan fingerprint density at radius 3 is 2.85 bits per heavy atom. The molecule has 34 heavy (non-hydrogen) atoms. The van der Waals surface area contributed by atoms with Gasteiger partial charge in [0, 0.05) is 24.7 Å². The van der Waals surface area contributed by atoms with Crippen molar-refractivity contribution >= 4 is 11.2 Å². The Morgan fingerprint density at radius 1 is 1.21 bits per heavy atom. The van der Waals surface area contributed by atoms with Crippen molar-refractivity contribution in [2.45, 2.75) is 44.2 Å². The van der Waals surface area contributed by atoms with Gasteiger partial charge in [0.1, 0.15) is 18.7 Å². The average Bonchev–Trinajstić information content (AvgIpc) is 2.89. The second kappa shape index (κ2) is 9.92. The Kier molecular flexibility index (Phi) is 6.57. The number of hydrogen-bond donors (Lipinski definition) is 2. The van der Waals surface area contributed by atoms with E-state index in [1.54, 1.807) is 18.3 Å². The molecule has 0 radical (unpaired) electrons. The summed E-state index contributed by atoms with van der Waals surface area (Å²) in [5.74, 6) is 1.76. The Bertz CT molecular complexity index is 1210. The third-order valence-corrected chi connectivity index (χ3v) is 6.04. The third-order valence-electron chi connectivity index (χ3n) is 6.04. The van der Waals surface area contributed by atoms with Gasteiger partial charge in [-0.1, -0.05) is 0 Å². The summed E-state index contributed by atoms with van der Waals surface area (Å²) < 4.78 is 23.6. The maximum Gasteiger partial charge on any atom is 0.270 e. The van der Waals surface area contributed by atoms with Crippen LogP contribution in [0.1, 0.15) is 18.5 Å². The summed E-state index contributed by atoms with van der Waals surface area (Å²) in [4.78, 5) is 25.3. The Balaban J connectivity index is 1.17. The normalized spacial score (nSPS) is 20.8. The Morgan fingerprint density at radius 2 is 2.06 bits per heavy atom. The molecular weight excluding hydrogens is 442 g/mol. The molecule has 0 unspecified atom stereocenters. The van der Waals surface area contributed by atoms with Crippen molar-refractivity contribution in [1.82, 2.24) is 24.8 Å². The van der Waals surface area contributed by atoms with Gasteiger partial charge < -0.3 is 29.4 Å². The fourth-order valence-electron chi connectivity index (χ4n) is 4.19. The van der Waals surface area contributed by atoms with E-state index in [9.17, 15) is 9.90 Å². The molecule has 3 atom stereocenters. The Labute approximate surface area is 195 Å². The molecule has 3 aromatic rings. The summed E-state index contributed by atoms with van der Waals surface area (Å²) in [7, 11) is 1.51. The summed E-state index contributed by atoms with van der Waals surface area (Å²) in [5, 5.41) is 14.3. The van der Waals surface area contributed by atoms with Crippen molar-refractivity contribution in [2.24, 2.45) is 0 Å². The molecule has 0 amide bonds. The van der Waals surface area contributed by atoms with E-state index in [4.69, 9.17) is 18.9 Å². The molecule has 0 aliphatic carbocycles. The van der Waals surface area contributed by atoms with Crippen molar-refractivity contribution in [1.29, 1.82) is 0 Å². The van der Waals surface area contributed by atoms with Gasteiger partial charge in [-0.25, -0.2) is 4.98 Å². The van der Waals surface area contributed by atoms with Gasteiger partial charge in [0.2, 0.25) is 5.88 Å². The smallest absolute Gasteiger partial charge is 0.270 e. The average molecular weight is 469 g/mol. The monoisotopic (exact) mass is 469 g/mol. The van der Waals surface area contributed by atoms with Gasteiger partial charge in [-0.3, -0.25) is 14.3 Å². The first-order valence-corrected chi connectivity index (χ1v) is 11.3. The Hall–Kier alpha value is -3.28. The van der Waals surface area contributed by atoms with Gasteiger partial charge >= 0.3 is 0 Å². The topological polar surface area (TPSA) is 130 Å². The van der Waals surface area contributed by atoms with Crippen molar-refractivity contribution < 1.29 is 24.1 Å². The molecule has 0 spiro atoms. The van der Waals surface area contributed by atoms with Crippen LogP contribution < -0.4 is 25.1 Å². The molecule has 2 aliphatic heterocycles. The first-order chi connectivity index (χ1) is 16.6. The molecule has 180 valence electrons. The lowest BCUT2D eigenvalue weighted by molar-refractivity contribution is -0.0771. The van der Waals surface area contributed by atoms with Crippen molar-refractivity contribution in [3.05, 3.63) is 46.6 Å². The maximum absolute atomic E-state index is 12.4. The zero-order chi connectivity index (χ0) is 23.5. The number of fused-ring (bicyclic) bond motifs is 2. The largest absolute Gasteiger partial charge is 0.486 e. The minimum absolute atomic E-state index is 0.0574. The number of hydrogen-bond acceptors (Lipinski definition) is 10.